The normalized spacial score (nSPS) is 14.7. The zero-order valence-corrected chi connectivity index (χ0v) is 18.7. The standard InChI is InChI=1S/C18H13ClN2O6S.Ca/c1-9-6-15(28(25,26)27)14(8-13(9)19)20-21-16-11-5-3-2-4-10(11)7-12(17(16)22)18(23)24;/h2-8,20H,1H3,(H,23,24)(H,25,26,27);/q;+2/p-2/b21-16-;. The molecule has 1 N–H and O–H groups in total. The van der Waals surface area contributed by atoms with E-state index in [0.717, 1.165) is 6.07 Å². The second kappa shape index (κ2) is 8.95. The molecule has 29 heavy (non-hydrogen) atoms. The second-order valence-corrected chi connectivity index (χ2v) is 7.64. The minimum atomic E-state index is -4.86. The van der Waals surface area contributed by atoms with Crippen LogP contribution in [0.3, 0.4) is 0 Å². The zero-order chi connectivity index (χ0) is 20.6. The van der Waals surface area contributed by atoms with Crippen molar-refractivity contribution in [1.82, 2.24) is 0 Å². The minimum Gasteiger partial charge on any atom is -0.744 e. The van der Waals surface area contributed by atoms with E-state index in [0.29, 0.717) is 16.7 Å². The molecule has 144 valence electrons. The summed E-state index contributed by atoms with van der Waals surface area (Å²) in [6.07, 6.45) is 1.17. The van der Waals surface area contributed by atoms with Gasteiger partial charge >= 0.3 is 37.7 Å². The monoisotopic (exact) mass is 458 g/mol. The number of nitrogens with one attached hydrogen (secondary N) is 1. The molecule has 0 bridgehead atoms. The fraction of sp³-hybridized carbons (Fsp3) is 0.0556. The molecule has 0 radical (unpaired) electrons. The predicted molar refractivity (Wildman–Crippen MR) is 104 cm³/mol. The Labute approximate surface area is 201 Å². The van der Waals surface area contributed by atoms with Crippen LogP contribution in [0.5, 0.6) is 0 Å². The predicted octanol–water partition coefficient (Wildman–Crippen LogP) is 0.704. The van der Waals surface area contributed by atoms with Gasteiger partial charge in [0.2, 0.25) is 5.78 Å². The summed E-state index contributed by atoms with van der Waals surface area (Å²) in [6.45, 7) is 1.52. The van der Waals surface area contributed by atoms with E-state index in [9.17, 15) is 27.7 Å². The number of hydrogen-bond donors (Lipinski definition) is 1. The number of carboxylic acids is 1. The van der Waals surface area contributed by atoms with E-state index in [1.54, 1.807) is 24.3 Å². The molecule has 1 aliphatic rings. The maximum atomic E-state index is 12.5. The molecule has 0 aromatic heterocycles. The molecule has 0 spiro atoms. The number of ketones is 1. The number of aryl methyl sites for hydroxylation is 1. The van der Waals surface area contributed by atoms with Gasteiger partial charge in [-0.3, -0.25) is 10.2 Å². The van der Waals surface area contributed by atoms with Crippen LogP contribution in [0, 0.1) is 6.92 Å². The third kappa shape index (κ3) is 4.88. The Morgan fingerprint density at radius 1 is 1.21 bits per heavy atom. The number of halogens is 1. The number of carbonyl (C=O) groups is 2. The molecule has 1 aliphatic carbocycles. The number of carboxylic acid groups (broad SMARTS) is 1. The zero-order valence-electron chi connectivity index (χ0n) is 14.9. The Morgan fingerprint density at radius 3 is 2.48 bits per heavy atom. The van der Waals surface area contributed by atoms with Crippen molar-refractivity contribution in [2.24, 2.45) is 5.10 Å². The largest absolute Gasteiger partial charge is 2.00 e. The number of anilines is 1. The van der Waals surface area contributed by atoms with E-state index in [2.05, 4.69) is 10.5 Å². The average Bonchev–Trinajstić information content (AvgIpc) is 2.61. The molecule has 2 aromatic carbocycles. The van der Waals surface area contributed by atoms with E-state index >= 15 is 0 Å². The minimum absolute atomic E-state index is 0. The van der Waals surface area contributed by atoms with Crippen LogP contribution in [0.15, 0.2) is 52.0 Å². The van der Waals surface area contributed by atoms with Crippen LogP contribution in [0.25, 0.3) is 6.08 Å². The summed E-state index contributed by atoms with van der Waals surface area (Å²) < 4.78 is 34.6. The number of rotatable bonds is 4. The summed E-state index contributed by atoms with van der Waals surface area (Å²) in [5, 5.41) is 15.3. The molecule has 0 heterocycles. The molecule has 0 fully saturated rings. The summed E-state index contributed by atoms with van der Waals surface area (Å²) in [6, 6.07) is 8.65. The first-order chi connectivity index (χ1) is 13.1. The van der Waals surface area contributed by atoms with Gasteiger partial charge < -0.3 is 14.5 Å². The van der Waals surface area contributed by atoms with E-state index in [1.165, 1.54) is 19.1 Å². The van der Waals surface area contributed by atoms with Crippen molar-refractivity contribution in [3.05, 3.63) is 63.7 Å². The van der Waals surface area contributed by atoms with E-state index in [1.807, 2.05) is 0 Å². The van der Waals surface area contributed by atoms with E-state index in [4.69, 9.17) is 11.6 Å². The van der Waals surface area contributed by atoms with E-state index < -0.39 is 32.3 Å². The van der Waals surface area contributed by atoms with Crippen molar-refractivity contribution >= 4 is 88.7 Å². The third-order valence-electron chi connectivity index (χ3n) is 4.01. The van der Waals surface area contributed by atoms with Crippen molar-refractivity contribution in [1.29, 1.82) is 0 Å². The van der Waals surface area contributed by atoms with Crippen molar-refractivity contribution in [2.75, 3.05) is 5.43 Å². The Bertz CT molecular complexity index is 1190. The summed E-state index contributed by atoms with van der Waals surface area (Å²) in [7, 11) is -4.86. The third-order valence-corrected chi connectivity index (χ3v) is 5.30. The fourth-order valence-corrected chi connectivity index (χ4v) is 3.50. The summed E-state index contributed by atoms with van der Waals surface area (Å²) in [5.41, 5.74) is 2.34. The maximum Gasteiger partial charge on any atom is 2.00 e. The van der Waals surface area contributed by atoms with Gasteiger partial charge in [-0.15, -0.1) is 0 Å². The molecule has 0 atom stereocenters. The Kier molecular flexibility index (Phi) is 7.26. The molecular formula is C18H11CaClN2O6S. The number of nitrogens with zero attached hydrogens (tertiary/aromatic N) is 1. The van der Waals surface area contributed by atoms with Crippen molar-refractivity contribution in [3.63, 3.8) is 0 Å². The number of carbonyl (C=O) groups excluding carboxylic acids is 2. The van der Waals surface area contributed by atoms with Crippen LogP contribution in [-0.2, 0) is 19.7 Å². The van der Waals surface area contributed by atoms with Crippen LogP contribution < -0.4 is 10.5 Å². The average molecular weight is 459 g/mol. The Hall–Kier alpha value is -1.75. The first-order valence-electron chi connectivity index (χ1n) is 7.76. The van der Waals surface area contributed by atoms with Crippen LogP contribution in [0.4, 0.5) is 5.69 Å². The van der Waals surface area contributed by atoms with Crippen molar-refractivity contribution in [3.8, 4) is 0 Å². The summed E-state index contributed by atoms with van der Waals surface area (Å²) in [4.78, 5) is 23.1. The van der Waals surface area contributed by atoms with Crippen LogP contribution in [0.2, 0.25) is 5.02 Å². The first-order valence-corrected chi connectivity index (χ1v) is 9.55. The molecular weight excluding hydrogens is 448 g/mol. The van der Waals surface area contributed by atoms with Crippen LogP contribution in [0.1, 0.15) is 16.7 Å². The smallest absolute Gasteiger partial charge is 0.744 e. The molecule has 8 nitrogen and oxygen atoms in total. The molecule has 0 saturated heterocycles. The molecule has 3 rings (SSSR count). The second-order valence-electron chi connectivity index (χ2n) is 5.89. The number of hydrazone groups is 1. The van der Waals surface area contributed by atoms with Crippen LogP contribution >= 0.6 is 11.6 Å². The molecule has 0 saturated carbocycles. The fourth-order valence-electron chi connectivity index (χ4n) is 2.64. The van der Waals surface area contributed by atoms with Gasteiger partial charge in [-0.05, 0) is 36.3 Å². The van der Waals surface area contributed by atoms with Gasteiger partial charge in [0.1, 0.15) is 15.8 Å². The van der Waals surface area contributed by atoms with Gasteiger partial charge in [0.05, 0.1) is 16.6 Å². The van der Waals surface area contributed by atoms with Crippen molar-refractivity contribution in [2.45, 2.75) is 11.8 Å². The number of aliphatic carboxylic acids is 1. The van der Waals surface area contributed by atoms with Gasteiger partial charge in [-0.1, -0.05) is 35.9 Å². The summed E-state index contributed by atoms with van der Waals surface area (Å²) >= 11 is 5.98. The quantitative estimate of drug-likeness (QED) is 0.308. The number of Topliss-reactive ketones (excluding diaryl/α,β-unsaturated/α-hetero) is 1. The number of fused-ring (bicyclic) bond motifs is 1. The van der Waals surface area contributed by atoms with Gasteiger partial charge in [-0.25, -0.2) is 8.42 Å². The van der Waals surface area contributed by atoms with Gasteiger partial charge in [0, 0.05) is 16.2 Å². The topological polar surface area (TPSA) is 139 Å². The first kappa shape index (κ1) is 23.5. The molecule has 0 aliphatic heterocycles. The number of hydrogen-bond acceptors (Lipinski definition) is 8. The Balaban J connectivity index is 0.00000300. The molecule has 2 aromatic rings. The van der Waals surface area contributed by atoms with Crippen LogP contribution in [-0.4, -0.2) is 68.2 Å². The van der Waals surface area contributed by atoms with E-state index in [-0.39, 0.29) is 54.2 Å². The molecule has 11 heteroatoms. The van der Waals surface area contributed by atoms with Gasteiger partial charge in [-0.2, -0.15) is 5.10 Å². The SMILES string of the molecule is Cc1cc(S(=O)(=O)[O-])c(N/N=C2\C(=O)C(C(=O)[O-])=Cc3ccccc32)cc1Cl.[Ca+2]. The molecule has 0 amide bonds. The van der Waals surface area contributed by atoms with Gasteiger partial charge in [0.15, 0.2) is 0 Å². The number of benzene rings is 2. The van der Waals surface area contributed by atoms with Crippen molar-refractivity contribution < 1.29 is 27.7 Å². The summed E-state index contributed by atoms with van der Waals surface area (Å²) in [5.74, 6) is -2.59. The molecule has 0 unspecified atom stereocenters. The van der Waals surface area contributed by atoms with Gasteiger partial charge in [0.25, 0.3) is 0 Å². The maximum absolute atomic E-state index is 12.5. The Morgan fingerprint density at radius 2 is 1.86 bits per heavy atom.